The first-order chi connectivity index (χ1) is 10.2. The van der Waals surface area contributed by atoms with Crippen molar-refractivity contribution in [1.29, 1.82) is 0 Å². The summed E-state index contributed by atoms with van der Waals surface area (Å²) in [6.07, 6.45) is 3.36. The average Bonchev–Trinajstić information content (AvgIpc) is 2.48. The molecule has 2 aliphatic heterocycles. The molecule has 1 aromatic rings. The summed E-state index contributed by atoms with van der Waals surface area (Å²) in [5.41, 5.74) is 1.33. The number of hydrogen-bond donors (Lipinski definition) is 1. The Morgan fingerprint density at radius 3 is 2.76 bits per heavy atom. The van der Waals surface area contributed by atoms with Gasteiger partial charge in [-0.2, -0.15) is 0 Å². The third-order valence-electron chi connectivity index (χ3n) is 4.92. The van der Waals surface area contributed by atoms with Crippen molar-refractivity contribution in [2.24, 2.45) is 0 Å². The maximum absolute atomic E-state index is 6.51. The standard InChI is InChI=1S/C17H25BrN2O/c1-3-19-15-12-17(7-9-20(4-2)10-8-17)21-16-11-13(18)5-6-14(15)16/h5-6,11,15,19H,3-4,7-10,12H2,1-2H3. The van der Waals surface area contributed by atoms with E-state index in [1.54, 1.807) is 0 Å². The van der Waals surface area contributed by atoms with E-state index in [1.165, 1.54) is 5.56 Å². The van der Waals surface area contributed by atoms with Crippen molar-refractivity contribution in [3.8, 4) is 5.75 Å². The van der Waals surface area contributed by atoms with Crippen LogP contribution in [0.3, 0.4) is 0 Å². The quantitative estimate of drug-likeness (QED) is 0.896. The molecular formula is C17H25BrN2O. The van der Waals surface area contributed by atoms with Crippen LogP contribution in [-0.4, -0.2) is 36.7 Å². The highest BCUT2D eigenvalue weighted by Gasteiger charge is 2.42. The lowest BCUT2D eigenvalue weighted by Crippen LogP contribution is -2.51. The van der Waals surface area contributed by atoms with Gasteiger partial charge in [0.1, 0.15) is 11.4 Å². The smallest absolute Gasteiger partial charge is 0.126 e. The number of ether oxygens (including phenoxy) is 1. The van der Waals surface area contributed by atoms with E-state index in [-0.39, 0.29) is 5.60 Å². The topological polar surface area (TPSA) is 24.5 Å². The monoisotopic (exact) mass is 352 g/mol. The van der Waals surface area contributed by atoms with Crippen molar-refractivity contribution >= 4 is 15.9 Å². The molecule has 116 valence electrons. The molecule has 1 unspecified atom stereocenters. The van der Waals surface area contributed by atoms with E-state index in [2.05, 4.69) is 58.2 Å². The van der Waals surface area contributed by atoms with E-state index in [0.29, 0.717) is 6.04 Å². The molecule has 0 saturated carbocycles. The fraction of sp³-hybridized carbons (Fsp3) is 0.647. The van der Waals surface area contributed by atoms with Gasteiger partial charge in [0.15, 0.2) is 0 Å². The number of nitrogens with one attached hydrogen (secondary N) is 1. The number of benzene rings is 1. The zero-order valence-corrected chi connectivity index (χ0v) is 14.6. The fourth-order valence-electron chi connectivity index (χ4n) is 3.65. The summed E-state index contributed by atoms with van der Waals surface area (Å²) in [5.74, 6) is 1.06. The maximum atomic E-state index is 6.51. The Balaban J connectivity index is 1.86. The van der Waals surface area contributed by atoms with E-state index >= 15 is 0 Å². The van der Waals surface area contributed by atoms with E-state index in [1.807, 2.05) is 0 Å². The van der Waals surface area contributed by atoms with Crippen LogP contribution in [0.25, 0.3) is 0 Å². The van der Waals surface area contributed by atoms with Crippen LogP contribution in [0.2, 0.25) is 0 Å². The lowest BCUT2D eigenvalue weighted by Gasteiger charge is -2.47. The number of halogens is 1. The third-order valence-corrected chi connectivity index (χ3v) is 5.41. The van der Waals surface area contributed by atoms with Gasteiger partial charge in [0.05, 0.1) is 0 Å². The molecule has 3 rings (SSSR count). The predicted molar refractivity (Wildman–Crippen MR) is 89.9 cm³/mol. The van der Waals surface area contributed by atoms with Crippen molar-refractivity contribution in [3.05, 3.63) is 28.2 Å². The van der Waals surface area contributed by atoms with Crippen molar-refractivity contribution in [1.82, 2.24) is 10.2 Å². The van der Waals surface area contributed by atoms with E-state index in [4.69, 9.17) is 4.74 Å². The molecule has 1 atom stereocenters. The Kier molecular flexibility index (Phi) is 4.57. The molecule has 21 heavy (non-hydrogen) atoms. The highest BCUT2D eigenvalue weighted by molar-refractivity contribution is 9.10. The molecule has 0 amide bonds. The van der Waals surface area contributed by atoms with E-state index < -0.39 is 0 Å². The normalized spacial score (nSPS) is 24.6. The van der Waals surface area contributed by atoms with Crippen LogP contribution in [0.5, 0.6) is 5.75 Å². The Morgan fingerprint density at radius 2 is 2.10 bits per heavy atom. The molecule has 2 heterocycles. The van der Waals surface area contributed by atoms with Crippen LogP contribution in [0.4, 0.5) is 0 Å². The molecule has 2 aliphatic rings. The zero-order valence-electron chi connectivity index (χ0n) is 13.0. The highest BCUT2D eigenvalue weighted by Crippen LogP contribution is 2.45. The SMILES string of the molecule is CCNC1CC2(CCN(CC)CC2)Oc2cc(Br)ccc21. The van der Waals surface area contributed by atoms with Gasteiger partial charge in [-0.1, -0.05) is 35.8 Å². The third kappa shape index (κ3) is 3.13. The van der Waals surface area contributed by atoms with Gasteiger partial charge in [-0.25, -0.2) is 0 Å². The molecule has 4 heteroatoms. The molecule has 0 aliphatic carbocycles. The van der Waals surface area contributed by atoms with Crippen LogP contribution in [0.1, 0.15) is 44.7 Å². The van der Waals surface area contributed by atoms with Crippen LogP contribution >= 0.6 is 15.9 Å². The fourth-order valence-corrected chi connectivity index (χ4v) is 3.99. The Hall–Kier alpha value is -0.580. The van der Waals surface area contributed by atoms with Crippen LogP contribution in [-0.2, 0) is 0 Å². The van der Waals surface area contributed by atoms with E-state index in [9.17, 15) is 0 Å². The van der Waals surface area contributed by atoms with Gasteiger partial charge in [-0.05, 0) is 38.1 Å². The van der Waals surface area contributed by atoms with Gasteiger partial charge in [0, 0.05) is 35.6 Å². The summed E-state index contributed by atoms with van der Waals surface area (Å²) in [6, 6.07) is 6.86. The molecule has 0 aromatic heterocycles. The summed E-state index contributed by atoms with van der Waals surface area (Å²) in [5, 5.41) is 3.65. The van der Waals surface area contributed by atoms with Gasteiger partial charge in [-0.3, -0.25) is 0 Å². The van der Waals surface area contributed by atoms with Crippen molar-refractivity contribution in [3.63, 3.8) is 0 Å². The molecule has 1 N–H and O–H groups in total. The molecule has 0 radical (unpaired) electrons. The largest absolute Gasteiger partial charge is 0.487 e. The lowest BCUT2D eigenvalue weighted by atomic mass is 9.80. The average molecular weight is 353 g/mol. The molecule has 1 saturated heterocycles. The number of nitrogens with zero attached hydrogens (tertiary/aromatic N) is 1. The minimum atomic E-state index is 0.0201. The van der Waals surface area contributed by atoms with Crippen molar-refractivity contribution in [2.45, 2.75) is 44.8 Å². The van der Waals surface area contributed by atoms with Gasteiger partial charge in [-0.15, -0.1) is 0 Å². The molecule has 1 fully saturated rings. The first-order valence-electron chi connectivity index (χ1n) is 8.10. The predicted octanol–water partition coefficient (Wildman–Crippen LogP) is 3.74. The minimum Gasteiger partial charge on any atom is -0.487 e. The number of likely N-dealkylation sites (tertiary alicyclic amines) is 1. The van der Waals surface area contributed by atoms with Crippen LogP contribution in [0, 0.1) is 0 Å². The molecule has 1 aromatic carbocycles. The molecule has 3 nitrogen and oxygen atoms in total. The summed E-state index contributed by atoms with van der Waals surface area (Å²) in [6.45, 7) is 8.87. The van der Waals surface area contributed by atoms with Crippen LogP contribution < -0.4 is 10.1 Å². The number of fused-ring (bicyclic) bond motifs is 1. The zero-order chi connectivity index (χ0) is 14.9. The van der Waals surface area contributed by atoms with Gasteiger partial charge in [0.25, 0.3) is 0 Å². The summed E-state index contributed by atoms with van der Waals surface area (Å²) in [4.78, 5) is 2.52. The second-order valence-corrected chi connectivity index (χ2v) is 7.13. The number of piperidine rings is 1. The second-order valence-electron chi connectivity index (χ2n) is 6.22. The molecular weight excluding hydrogens is 328 g/mol. The Morgan fingerprint density at radius 1 is 1.33 bits per heavy atom. The highest BCUT2D eigenvalue weighted by atomic mass is 79.9. The van der Waals surface area contributed by atoms with Crippen molar-refractivity contribution in [2.75, 3.05) is 26.2 Å². The number of rotatable bonds is 3. The van der Waals surface area contributed by atoms with Crippen LogP contribution in [0.15, 0.2) is 22.7 Å². The molecule has 1 spiro atoms. The maximum Gasteiger partial charge on any atom is 0.126 e. The summed E-state index contributed by atoms with van der Waals surface area (Å²) >= 11 is 3.57. The lowest BCUT2D eigenvalue weighted by molar-refractivity contribution is -0.0241. The first-order valence-corrected chi connectivity index (χ1v) is 8.89. The number of hydrogen-bond acceptors (Lipinski definition) is 3. The van der Waals surface area contributed by atoms with Gasteiger partial charge >= 0.3 is 0 Å². The first kappa shape index (κ1) is 15.3. The summed E-state index contributed by atoms with van der Waals surface area (Å²) < 4.78 is 7.61. The minimum absolute atomic E-state index is 0.0201. The van der Waals surface area contributed by atoms with E-state index in [0.717, 1.165) is 55.7 Å². The van der Waals surface area contributed by atoms with Gasteiger partial charge < -0.3 is 15.0 Å². The Bertz CT molecular complexity index is 498. The summed E-state index contributed by atoms with van der Waals surface area (Å²) in [7, 11) is 0. The second kappa shape index (κ2) is 6.27. The van der Waals surface area contributed by atoms with Gasteiger partial charge in [0.2, 0.25) is 0 Å². The van der Waals surface area contributed by atoms with Crippen molar-refractivity contribution < 1.29 is 4.74 Å². The molecule has 0 bridgehead atoms. The Labute approximate surface area is 136 Å².